The zero-order valence-corrected chi connectivity index (χ0v) is 13.1. The maximum absolute atomic E-state index is 6.19. The summed E-state index contributed by atoms with van der Waals surface area (Å²) < 4.78 is 11.6. The molecule has 1 saturated heterocycles. The lowest BCUT2D eigenvalue weighted by Gasteiger charge is -2.28. The fraction of sp³-hybridized carbons (Fsp3) is 0.667. The minimum Gasteiger partial charge on any atom is -0.493 e. The molecule has 1 aliphatic carbocycles. The average Bonchev–Trinajstić information content (AvgIpc) is 2.54. The minimum absolute atomic E-state index is 0.505. The van der Waals surface area contributed by atoms with Gasteiger partial charge < -0.3 is 14.8 Å². The molecule has 1 N–H and O–H groups in total. The lowest BCUT2D eigenvalue weighted by atomic mass is 9.87. The number of hydrogen-bond donors (Lipinski definition) is 1. The van der Waals surface area contributed by atoms with Crippen LogP contribution in [0.2, 0.25) is 0 Å². The molecule has 116 valence electrons. The summed E-state index contributed by atoms with van der Waals surface area (Å²) in [5.41, 5.74) is 2.88. The Hall–Kier alpha value is -1.06. The van der Waals surface area contributed by atoms with Crippen LogP contribution >= 0.6 is 0 Å². The molecule has 3 rings (SSSR count). The SMILES string of the molecule is CCNC1CCCc2c(OCC3CCOCC3)cccc21. The van der Waals surface area contributed by atoms with Crippen molar-refractivity contribution in [3.63, 3.8) is 0 Å². The first-order valence-electron chi connectivity index (χ1n) is 8.44. The highest BCUT2D eigenvalue weighted by atomic mass is 16.5. The van der Waals surface area contributed by atoms with Crippen molar-refractivity contribution >= 4 is 0 Å². The van der Waals surface area contributed by atoms with Gasteiger partial charge in [-0.15, -0.1) is 0 Å². The summed E-state index contributed by atoms with van der Waals surface area (Å²) in [7, 11) is 0. The summed E-state index contributed by atoms with van der Waals surface area (Å²) in [4.78, 5) is 0. The molecule has 0 bridgehead atoms. The number of hydrogen-bond acceptors (Lipinski definition) is 3. The number of rotatable bonds is 5. The van der Waals surface area contributed by atoms with Crippen LogP contribution < -0.4 is 10.1 Å². The molecule has 1 aliphatic heterocycles. The molecule has 3 heteroatoms. The van der Waals surface area contributed by atoms with E-state index in [-0.39, 0.29) is 0 Å². The van der Waals surface area contributed by atoms with Crippen LogP contribution in [0.25, 0.3) is 0 Å². The van der Waals surface area contributed by atoms with Gasteiger partial charge in [0, 0.05) is 19.3 Å². The Morgan fingerprint density at radius 3 is 2.90 bits per heavy atom. The molecular weight excluding hydrogens is 262 g/mol. The van der Waals surface area contributed by atoms with E-state index in [0.29, 0.717) is 12.0 Å². The third-order valence-electron chi connectivity index (χ3n) is 4.73. The fourth-order valence-corrected chi connectivity index (χ4v) is 3.53. The zero-order chi connectivity index (χ0) is 14.5. The number of ether oxygens (including phenoxy) is 2. The molecule has 0 saturated carbocycles. The van der Waals surface area contributed by atoms with E-state index in [4.69, 9.17) is 9.47 Å². The van der Waals surface area contributed by atoms with E-state index >= 15 is 0 Å². The van der Waals surface area contributed by atoms with E-state index in [0.717, 1.165) is 51.4 Å². The Labute approximate surface area is 128 Å². The predicted octanol–water partition coefficient (Wildman–Crippen LogP) is 3.48. The first-order valence-corrected chi connectivity index (χ1v) is 8.44. The highest BCUT2D eigenvalue weighted by Crippen LogP contribution is 2.35. The maximum atomic E-state index is 6.19. The van der Waals surface area contributed by atoms with Crippen LogP contribution in [0.4, 0.5) is 0 Å². The number of benzene rings is 1. The van der Waals surface area contributed by atoms with Gasteiger partial charge in [-0.1, -0.05) is 19.1 Å². The van der Waals surface area contributed by atoms with Gasteiger partial charge >= 0.3 is 0 Å². The van der Waals surface area contributed by atoms with E-state index in [9.17, 15) is 0 Å². The lowest BCUT2D eigenvalue weighted by Crippen LogP contribution is -2.26. The van der Waals surface area contributed by atoms with Crippen LogP contribution in [0.3, 0.4) is 0 Å². The first kappa shape index (κ1) is 14.9. The summed E-state index contributed by atoms with van der Waals surface area (Å²) >= 11 is 0. The maximum Gasteiger partial charge on any atom is 0.122 e. The van der Waals surface area contributed by atoms with Crippen molar-refractivity contribution in [2.45, 2.75) is 45.1 Å². The quantitative estimate of drug-likeness (QED) is 0.900. The van der Waals surface area contributed by atoms with Crippen LogP contribution in [-0.2, 0) is 11.2 Å². The molecule has 3 nitrogen and oxygen atoms in total. The van der Waals surface area contributed by atoms with Crippen molar-refractivity contribution < 1.29 is 9.47 Å². The molecule has 0 radical (unpaired) electrons. The summed E-state index contributed by atoms with van der Waals surface area (Å²) in [5, 5.41) is 3.60. The van der Waals surface area contributed by atoms with Crippen LogP contribution in [0, 0.1) is 5.92 Å². The van der Waals surface area contributed by atoms with E-state index in [1.165, 1.54) is 24.0 Å². The molecule has 1 fully saturated rings. The first-order chi connectivity index (χ1) is 10.4. The second-order valence-corrected chi connectivity index (χ2v) is 6.19. The van der Waals surface area contributed by atoms with Crippen LogP contribution in [0.1, 0.15) is 49.8 Å². The minimum atomic E-state index is 0.505. The van der Waals surface area contributed by atoms with Gasteiger partial charge in [0.1, 0.15) is 5.75 Å². The summed E-state index contributed by atoms with van der Waals surface area (Å²) in [6.45, 7) is 5.83. The van der Waals surface area contributed by atoms with Gasteiger partial charge in [0.2, 0.25) is 0 Å². The van der Waals surface area contributed by atoms with Crippen molar-refractivity contribution in [2.75, 3.05) is 26.4 Å². The molecule has 2 aliphatic rings. The van der Waals surface area contributed by atoms with Crippen molar-refractivity contribution in [1.82, 2.24) is 5.32 Å². The molecular formula is C18H27NO2. The van der Waals surface area contributed by atoms with Gasteiger partial charge in [-0.2, -0.15) is 0 Å². The van der Waals surface area contributed by atoms with Crippen molar-refractivity contribution in [1.29, 1.82) is 0 Å². The monoisotopic (exact) mass is 289 g/mol. The Morgan fingerprint density at radius 2 is 2.10 bits per heavy atom. The molecule has 21 heavy (non-hydrogen) atoms. The van der Waals surface area contributed by atoms with Gasteiger partial charge in [0.25, 0.3) is 0 Å². The molecule has 0 amide bonds. The van der Waals surface area contributed by atoms with Gasteiger partial charge in [-0.3, -0.25) is 0 Å². The van der Waals surface area contributed by atoms with E-state index < -0.39 is 0 Å². The molecule has 1 heterocycles. The number of fused-ring (bicyclic) bond motifs is 1. The van der Waals surface area contributed by atoms with E-state index in [2.05, 4.69) is 30.4 Å². The normalized spacial score (nSPS) is 22.8. The van der Waals surface area contributed by atoms with Crippen LogP contribution in [-0.4, -0.2) is 26.4 Å². The van der Waals surface area contributed by atoms with Gasteiger partial charge in [0.15, 0.2) is 0 Å². The van der Waals surface area contributed by atoms with Crippen LogP contribution in [0.5, 0.6) is 5.75 Å². The average molecular weight is 289 g/mol. The summed E-state index contributed by atoms with van der Waals surface area (Å²) in [6, 6.07) is 7.06. The molecule has 0 spiro atoms. The largest absolute Gasteiger partial charge is 0.493 e. The topological polar surface area (TPSA) is 30.5 Å². The molecule has 1 unspecified atom stereocenters. The van der Waals surface area contributed by atoms with Crippen LogP contribution in [0.15, 0.2) is 18.2 Å². The highest BCUT2D eigenvalue weighted by molar-refractivity contribution is 5.43. The second kappa shape index (κ2) is 7.28. The zero-order valence-electron chi connectivity index (χ0n) is 13.1. The van der Waals surface area contributed by atoms with Crippen molar-refractivity contribution in [3.05, 3.63) is 29.3 Å². The van der Waals surface area contributed by atoms with Gasteiger partial charge in [-0.25, -0.2) is 0 Å². The van der Waals surface area contributed by atoms with Crippen molar-refractivity contribution in [3.8, 4) is 5.75 Å². The smallest absolute Gasteiger partial charge is 0.122 e. The van der Waals surface area contributed by atoms with E-state index in [1.807, 2.05) is 0 Å². The summed E-state index contributed by atoms with van der Waals surface area (Å²) in [5.74, 6) is 1.77. The van der Waals surface area contributed by atoms with Gasteiger partial charge in [0.05, 0.1) is 6.61 Å². The molecule has 1 aromatic carbocycles. The Morgan fingerprint density at radius 1 is 1.24 bits per heavy atom. The highest BCUT2D eigenvalue weighted by Gasteiger charge is 2.22. The summed E-state index contributed by atoms with van der Waals surface area (Å²) in [6.07, 6.45) is 5.91. The third kappa shape index (κ3) is 3.58. The lowest BCUT2D eigenvalue weighted by molar-refractivity contribution is 0.0495. The van der Waals surface area contributed by atoms with Crippen molar-refractivity contribution in [2.24, 2.45) is 5.92 Å². The molecule has 1 aromatic rings. The Kier molecular flexibility index (Phi) is 5.15. The second-order valence-electron chi connectivity index (χ2n) is 6.19. The Bertz CT molecular complexity index is 455. The third-order valence-corrected chi connectivity index (χ3v) is 4.73. The fourth-order valence-electron chi connectivity index (χ4n) is 3.53. The van der Waals surface area contributed by atoms with E-state index in [1.54, 1.807) is 0 Å². The predicted molar refractivity (Wildman–Crippen MR) is 84.8 cm³/mol. The standard InChI is InChI=1S/C18H27NO2/c1-2-19-17-7-3-6-16-15(17)5-4-8-18(16)21-13-14-9-11-20-12-10-14/h4-5,8,14,17,19H,2-3,6-7,9-13H2,1H3. The number of nitrogens with one attached hydrogen (secondary N) is 1. The molecule has 1 atom stereocenters. The molecule has 0 aromatic heterocycles. The Balaban J connectivity index is 1.69. The van der Waals surface area contributed by atoms with Gasteiger partial charge in [-0.05, 0) is 61.8 Å².